The van der Waals surface area contributed by atoms with E-state index in [0.29, 0.717) is 13.0 Å². The molecule has 5 nitrogen and oxygen atoms in total. The van der Waals surface area contributed by atoms with Crippen molar-refractivity contribution in [3.05, 3.63) is 0 Å². The molecule has 0 aromatic rings. The summed E-state index contributed by atoms with van der Waals surface area (Å²) in [5.74, 6) is -0.117. The number of hydrogen-bond donors (Lipinski definition) is 2. The Hall–Kier alpha value is -1.10. The number of amides is 2. The number of nitrogens with one attached hydrogen (secondary N) is 1. The Kier molecular flexibility index (Phi) is 7.54. The molecule has 0 aromatic heterocycles. The fourth-order valence-corrected chi connectivity index (χ4v) is 1.36. The molecule has 0 rings (SSSR count). The maximum absolute atomic E-state index is 11.7. The van der Waals surface area contributed by atoms with Crippen molar-refractivity contribution < 1.29 is 9.59 Å². The average molecular weight is 229 g/mol. The van der Waals surface area contributed by atoms with Crippen molar-refractivity contribution in [3.8, 4) is 0 Å². The van der Waals surface area contributed by atoms with E-state index in [1.54, 1.807) is 11.9 Å². The Bertz CT molecular complexity index is 229. The predicted octanol–water partition coefficient (Wildman–Crippen LogP) is 0.0984. The lowest BCUT2D eigenvalue weighted by atomic mass is 10.1. The number of hydrogen-bond acceptors (Lipinski definition) is 3. The van der Waals surface area contributed by atoms with Gasteiger partial charge in [-0.05, 0) is 26.7 Å². The second kappa shape index (κ2) is 8.10. The van der Waals surface area contributed by atoms with Gasteiger partial charge < -0.3 is 16.0 Å². The molecule has 2 amide bonds. The lowest BCUT2D eigenvalue weighted by Crippen LogP contribution is -2.39. The fraction of sp³-hybridized carbons (Fsp3) is 0.818. The quantitative estimate of drug-likeness (QED) is 0.650. The van der Waals surface area contributed by atoms with E-state index in [-0.39, 0.29) is 24.4 Å². The predicted molar refractivity (Wildman–Crippen MR) is 63.8 cm³/mol. The van der Waals surface area contributed by atoms with E-state index in [9.17, 15) is 9.59 Å². The van der Waals surface area contributed by atoms with Crippen molar-refractivity contribution in [3.63, 3.8) is 0 Å². The van der Waals surface area contributed by atoms with Gasteiger partial charge in [-0.2, -0.15) is 0 Å². The van der Waals surface area contributed by atoms with Crippen LogP contribution in [-0.4, -0.2) is 42.9 Å². The Morgan fingerprint density at radius 3 is 2.50 bits per heavy atom. The molecular formula is C11H23N3O2. The molecule has 5 heteroatoms. The van der Waals surface area contributed by atoms with E-state index in [4.69, 9.17) is 5.73 Å². The zero-order chi connectivity index (χ0) is 12.6. The Morgan fingerprint density at radius 1 is 1.44 bits per heavy atom. The van der Waals surface area contributed by atoms with Crippen molar-refractivity contribution in [2.45, 2.75) is 39.2 Å². The molecule has 0 bridgehead atoms. The van der Waals surface area contributed by atoms with Crippen LogP contribution in [-0.2, 0) is 9.59 Å². The van der Waals surface area contributed by atoms with Gasteiger partial charge in [0, 0.05) is 26.1 Å². The summed E-state index contributed by atoms with van der Waals surface area (Å²) in [7, 11) is 1.57. The van der Waals surface area contributed by atoms with E-state index in [2.05, 4.69) is 5.32 Å². The summed E-state index contributed by atoms with van der Waals surface area (Å²) in [4.78, 5) is 24.4. The number of nitrogens with two attached hydrogens (primary N) is 1. The van der Waals surface area contributed by atoms with Gasteiger partial charge in [-0.3, -0.25) is 9.59 Å². The first kappa shape index (κ1) is 14.9. The van der Waals surface area contributed by atoms with Crippen LogP contribution in [0, 0.1) is 0 Å². The van der Waals surface area contributed by atoms with Gasteiger partial charge in [0.25, 0.3) is 0 Å². The molecule has 1 atom stereocenters. The summed E-state index contributed by atoms with van der Waals surface area (Å²) in [6, 6.07) is 0.127. The van der Waals surface area contributed by atoms with Gasteiger partial charge in [-0.15, -0.1) is 0 Å². The highest BCUT2D eigenvalue weighted by Gasteiger charge is 2.14. The van der Waals surface area contributed by atoms with Gasteiger partial charge in [-0.1, -0.05) is 0 Å². The molecular weight excluding hydrogens is 206 g/mol. The average Bonchev–Trinajstić information content (AvgIpc) is 2.24. The maximum atomic E-state index is 11.7. The van der Waals surface area contributed by atoms with Gasteiger partial charge in [0.05, 0.1) is 6.54 Å². The van der Waals surface area contributed by atoms with Crippen LogP contribution >= 0.6 is 0 Å². The van der Waals surface area contributed by atoms with Crippen LogP contribution in [0.25, 0.3) is 0 Å². The molecule has 3 N–H and O–H groups in total. The summed E-state index contributed by atoms with van der Waals surface area (Å²) >= 11 is 0. The largest absolute Gasteiger partial charge is 0.358 e. The molecule has 0 fully saturated rings. The van der Waals surface area contributed by atoms with Crippen LogP contribution in [0.3, 0.4) is 0 Å². The summed E-state index contributed by atoms with van der Waals surface area (Å²) < 4.78 is 0. The van der Waals surface area contributed by atoms with E-state index in [1.807, 2.05) is 13.8 Å². The Labute approximate surface area is 97.4 Å². The SMILES string of the molecule is CCN(CC(=O)NC)C(=O)CCCC(C)N. The second-order valence-corrected chi connectivity index (χ2v) is 3.95. The monoisotopic (exact) mass is 229 g/mol. The number of carbonyl (C=O) groups is 2. The summed E-state index contributed by atoms with van der Waals surface area (Å²) in [6.45, 7) is 4.49. The third kappa shape index (κ3) is 6.40. The lowest BCUT2D eigenvalue weighted by molar-refractivity contribution is -0.135. The van der Waals surface area contributed by atoms with Crippen molar-refractivity contribution in [2.24, 2.45) is 5.73 Å². The highest BCUT2D eigenvalue weighted by atomic mass is 16.2. The van der Waals surface area contributed by atoms with Crippen LogP contribution < -0.4 is 11.1 Å². The minimum absolute atomic E-state index is 0.0201. The zero-order valence-electron chi connectivity index (χ0n) is 10.5. The fourth-order valence-electron chi connectivity index (χ4n) is 1.36. The van der Waals surface area contributed by atoms with Gasteiger partial charge in [0.2, 0.25) is 11.8 Å². The molecule has 0 radical (unpaired) electrons. The van der Waals surface area contributed by atoms with Crippen molar-refractivity contribution in [1.82, 2.24) is 10.2 Å². The number of carbonyl (C=O) groups excluding carboxylic acids is 2. The maximum Gasteiger partial charge on any atom is 0.239 e. The highest BCUT2D eigenvalue weighted by molar-refractivity contribution is 5.84. The Balaban J connectivity index is 3.96. The highest BCUT2D eigenvalue weighted by Crippen LogP contribution is 2.02. The molecule has 0 aliphatic heterocycles. The molecule has 0 heterocycles. The Morgan fingerprint density at radius 2 is 2.06 bits per heavy atom. The van der Waals surface area contributed by atoms with E-state index < -0.39 is 0 Å². The van der Waals surface area contributed by atoms with Gasteiger partial charge in [-0.25, -0.2) is 0 Å². The minimum Gasteiger partial charge on any atom is -0.358 e. The standard InChI is InChI=1S/C11H23N3O2/c1-4-14(8-10(15)13-3)11(16)7-5-6-9(2)12/h9H,4-8,12H2,1-3H3,(H,13,15). The summed E-state index contributed by atoms with van der Waals surface area (Å²) in [5.41, 5.74) is 5.60. The molecule has 16 heavy (non-hydrogen) atoms. The first-order valence-corrected chi connectivity index (χ1v) is 5.75. The smallest absolute Gasteiger partial charge is 0.239 e. The molecule has 0 aromatic carbocycles. The number of rotatable bonds is 7. The molecule has 94 valence electrons. The molecule has 0 aliphatic carbocycles. The van der Waals surface area contributed by atoms with Crippen LogP contribution in [0.5, 0.6) is 0 Å². The molecule has 0 aliphatic rings. The van der Waals surface area contributed by atoms with Gasteiger partial charge in [0.1, 0.15) is 0 Å². The second-order valence-electron chi connectivity index (χ2n) is 3.95. The van der Waals surface area contributed by atoms with Crippen molar-refractivity contribution in [1.29, 1.82) is 0 Å². The topological polar surface area (TPSA) is 75.4 Å². The first-order chi connectivity index (χ1) is 7.51. The van der Waals surface area contributed by atoms with Crippen molar-refractivity contribution >= 4 is 11.8 Å². The summed E-state index contributed by atoms with van der Waals surface area (Å²) in [6.07, 6.45) is 2.08. The van der Waals surface area contributed by atoms with Crippen LogP contribution in [0.1, 0.15) is 33.1 Å². The first-order valence-electron chi connectivity index (χ1n) is 5.75. The number of nitrogens with zero attached hydrogens (tertiary/aromatic N) is 1. The van der Waals surface area contributed by atoms with E-state index >= 15 is 0 Å². The molecule has 0 saturated carbocycles. The molecule has 1 unspecified atom stereocenters. The lowest BCUT2D eigenvalue weighted by Gasteiger charge is -2.20. The van der Waals surface area contributed by atoms with Crippen LogP contribution in [0.4, 0.5) is 0 Å². The van der Waals surface area contributed by atoms with Gasteiger partial charge in [0.15, 0.2) is 0 Å². The third-order valence-electron chi connectivity index (χ3n) is 2.40. The minimum atomic E-state index is -0.137. The van der Waals surface area contributed by atoms with Crippen LogP contribution in [0.15, 0.2) is 0 Å². The third-order valence-corrected chi connectivity index (χ3v) is 2.40. The number of likely N-dealkylation sites (N-methyl/N-ethyl adjacent to an activating group) is 2. The van der Waals surface area contributed by atoms with Crippen molar-refractivity contribution in [2.75, 3.05) is 20.1 Å². The van der Waals surface area contributed by atoms with Gasteiger partial charge >= 0.3 is 0 Å². The summed E-state index contributed by atoms with van der Waals surface area (Å²) in [5, 5.41) is 2.51. The van der Waals surface area contributed by atoms with E-state index in [0.717, 1.165) is 12.8 Å². The van der Waals surface area contributed by atoms with E-state index in [1.165, 1.54) is 0 Å². The van der Waals surface area contributed by atoms with Crippen LogP contribution in [0.2, 0.25) is 0 Å². The molecule has 0 spiro atoms. The zero-order valence-corrected chi connectivity index (χ0v) is 10.5. The normalized spacial score (nSPS) is 12.0. The molecule has 0 saturated heterocycles.